The molecule has 2 aliphatic carbocycles. The molecule has 1 saturated heterocycles. The summed E-state index contributed by atoms with van der Waals surface area (Å²) in [5.41, 5.74) is 2.14. The number of rotatable bonds is 4. The summed E-state index contributed by atoms with van der Waals surface area (Å²) in [5, 5.41) is 0. The number of hydrogen-bond acceptors (Lipinski definition) is 3. The molecule has 1 aliphatic heterocycles. The quantitative estimate of drug-likeness (QED) is 0.930. The first-order valence-electron chi connectivity index (χ1n) is 8.80. The number of morpholine rings is 1. The van der Waals surface area contributed by atoms with Gasteiger partial charge in [-0.3, -0.25) is 4.79 Å². The number of hydrogen-bond donors (Lipinski definition) is 1. The second kappa shape index (κ2) is 5.41. The highest BCUT2D eigenvalue weighted by Gasteiger charge is 2.48. The van der Waals surface area contributed by atoms with E-state index in [2.05, 4.69) is 22.9 Å². The summed E-state index contributed by atoms with van der Waals surface area (Å²) < 4.78 is 6.07. The van der Waals surface area contributed by atoms with Gasteiger partial charge in [0.1, 0.15) is 5.69 Å². The maximum absolute atomic E-state index is 12.3. The van der Waals surface area contributed by atoms with E-state index in [9.17, 15) is 4.79 Å². The van der Waals surface area contributed by atoms with Gasteiger partial charge in [-0.25, -0.2) is 0 Å². The van der Waals surface area contributed by atoms with Crippen LogP contribution in [0.3, 0.4) is 0 Å². The molecule has 4 heteroatoms. The third kappa shape index (κ3) is 2.47. The molecular formula is C18H26N2O2. The maximum atomic E-state index is 12.3. The first-order valence-corrected chi connectivity index (χ1v) is 8.80. The van der Waals surface area contributed by atoms with Crippen LogP contribution >= 0.6 is 0 Å². The predicted octanol–water partition coefficient (Wildman–Crippen LogP) is 2.87. The van der Waals surface area contributed by atoms with Crippen LogP contribution in [-0.4, -0.2) is 29.8 Å². The Kier molecular flexibility index (Phi) is 3.52. The molecule has 1 aromatic rings. The third-order valence-corrected chi connectivity index (χ3v) is 5.94. The Morgan fingerprint density at radius 2 is 2.23 bits per heavy atom. The van der Waals surface area contributed by atoms with E-state index in [1.807, 2.05) is 6.20 Å². The Morgan fingerprint density at radius 3 is 2.91 bits per heavy atom. The van der Waals surface area contributed by atoms with E-state index in [1.54, 1.807) is 0 Å². The summed E-state index contributed by atoms with van der Waals surface area (Å²) >= 11 is 0. The number of pyridine rings is 1. The lowest BCUT2D eigenvalue weighted by Crippen LogP contribution is -2.62. The molecule has 0 amide bonds. The highest BCUT2D eigenvalue weighted by atomic mass is 16.5. The standard InChI is InChI=1S/C18H26N2O2/c1-13-18(7-2-8-18)22-10-9-20(13)16-11-15(12-19-17(16)21)6-5-14-3-4-14/h11-14H,2-10H2,1H3,(H,19,21). The molecule has 0 radical (unpaired) electrons. The maximum Gasteiger partial charge on any atom is 0.271 e. The molecule has 1 N–H and O–H groups in total. The van der Waals surface area contributed by atoms with Gasteiger partial charge in [0.25, 0.3) is 5.56 Å². The monoisotopic (exact) mass is 302 g/mol. The minimum atomic E-state index is -0.00525. The van der Waals surface area contributed by atoms with Gasteiger partial charge in [-0.15, -0.1) is 0 Å². The summed E-state index contributed by atoms with van der Waals surface area (Å²) in [6, 6.07) is 2.41. The number of nitrogens with zero attached hydrogens (tertiary/aromatic N) is 1. The van der Waals surface area contributed by atoms with Gasteiger partial charge in [0, 0.05) is 12.7 Å². The third-order valence-electron chi connectivity index (χ3n) is 5.94. The lowest BCUT2D eigenvalue weighted by Gasteiger charge is -2.53. The fourth-order valence-electron chi connectivity index (χ4n) is 4.01. The van der Waals surface area contributed by atoms with Gasteiger partial charge in [-0.2, -0.15) is 0 Å². The van der Waals surface area contributed by atoms with Crippen molar-refractivity contribution in [3.05, 3.63) is 28.2 Å². The van der Waals surface area contributed by atoms with E-state index in [0.717, 1.165) is 44.0 Å². The molecule has 3 aliphatic rings. The number of anilines is 1. The van der Waals surface area contributed by atoms with Crippen LogP contribution in [0.1, 0.15) is 51.0 Å². The van der Waals surface area contributed by atoms with Crippen molar-refractivity contribution >= 4 is 5.69 Å². The normalized spacial score (nSPS) is 27.0. The summed E-state index contributed by atoms with van der Waals surface area (Å²) in [6.45, 7) is 3.77. The smallest absolute Gasteiger partial charge is 0.271 e. The summed E-state index contributed by atoms with van der Waals surface area (Å²) in [4.78, 5) is 17.6. The van der Waals surface area contributed by atoms with Crippen molar-refractivity contribution in [1.82, 2.24) is 4.98 Å². The fraction of sp³-hybridized carbons (Fsp3) is 0.722. The van der Waals surface area contributed by atoms with Crippen LogP contribution in [0, 0.1) is 5.92 Å². The van der Waals surface area contributed by atoms with Crippen LogP contribution in [0.4, 0.5) is 5.69 Å². The number of aromatic nitrogens is 1. The van der Waals surface area contributed by atoms with Crippen LogP contribution in [0.2, 0.25) is 0 Å². The Bertz CT molecular complexity index is 601. The van der Waals surface area contributed by atoms with Crippen molar-refractivity contribution in [2.75, 3.05) is 18.1 Å². The van der Waals surface area contributed by atoms with Crippen molar-refractivity contribution in [2.45, 2.75) is 63.5 Å². The highest BCUT2D eigenvalue weighted by molar-refractivity contribution is 5.48. The molecule has 1 unspecified atom stereocenters. The largest absolute Gasteiger partial charge is 0.371 e. The molecule has 1 atom stereocenters. The highest BCUT2D eigenvalue weighted by Crippen LogP contribution is 2.43. The van der Waals surface area contributed by atoms with Crippen molar-refractivity contribution in [1.29, 1.82) is 0 Å². The summed E-state index contributed by atoms with van der Waals surface area (Å²) in [5.74, 6) is 0.927. The zero-order valence-electron chi connectivity index (χ0n) is 13.4. The molecule has 3 fully saturated rings. The predicted molar refractivity (Wildman–Crippen MR) is 87.4 cm³/mol. The van der Waals surface area contributed by atoms with E-state index in [1.165, 1.54) is 31.2 Å². The zero-order valence-corrected chi connectivity index (χ0v) is 13.4. The average Bonchev–Trinajstić information content (AvgIpc) is 3.30. The van der Waals surface area contributed by atoms with Gasteiger partial charge in [-0.05, 0) is 56.6 Å². The van der Waals surface area contributed by atoms with Crippen LogP contribution in [-0.2, 0) is 11.2 Å². The van der Waals surface area contributed by atoms with Gasteiger partial charge >= 0.3 is 0 Å². The molecule has 0 aromatic carbocycles. The molecule has 120 valence electrons. The van der Waals surface area contributed by atoms with E-state index >= 15 is 0 Å². The number of H-pyrrole nitrogens is 1. The van der Waals surface area contributed by atoms with Crippen LogP contribution < -0.4 is 10.5 Å². The number of ether oxygens (including phenoxy) is 1. The second-order valence-electron chi connectivity index (χ2n) is 7.34. The lowest BCUT2D eigenvalue weighted by atomic mass is 9.73. The molecule has 1 spiro atoms. The van der Waals surface area contributed by atoms with Gasteiger partial charge in [0.05, 0.1) is 18.2 Å². The Labute approximate surface area is 131 Å². The van der Waals surface area contributed by atoms with Gasteiger partial charge in [0.2, 0.25) is 0 Å². The second-order valence-corrected chi connectivity index (χ2v) is 7.34. The number of aromatic amines is 1. The van der Waals surface area contributed by atoms with Crippen molar-refractivity contribution < 1.29 is 4.74 Å². The minimum Gasteiger partial charge on any atom is -0.371 e. The first-order chi connectivity index (χ1) is 10.7. The first kappa shape index (κ1) is 14.3. The molecule has 2 heterocycles. The Balaban J connectivity index is 1.57. The zero-order chi connectivity index (χ0) is 15.2. The topological polar surface area (TPSA) is 45.3 Å². The van der Waals surface area contributed by atoms with Gasteiger partial charge in [0.15, 0.2) is 0 Å². The van der Waals surface area contributed by atoms with E-state index < -0.39 is 0 Å². The SMILES string of the molecule is CC1N(c2cc(CCC3CC3)c[nH]c2=O)CCOC12CCC2. The van der Waals surface area contributed by atoms with Crippen molar-refractivity contribution in [3.8, 4) is 0 Å². The lowest BCUT2D eigenvalue weighted by molar-refractivity contribution is -0.129. The van der Waals surface area contributed by atoms with E-state index in [-0.39, 0.29) is 17.2 Å². The van der Waals surface area contributed by atoms with Crippen LogP contribution in [0.25, 0.3) is 0 Å². The van der Waals surface area contributed by atoms with E-state index in [0.29, 0.717) is 0 Å². The molecule has 2 saturated carbocycles. The summed E-state index contributed by atoms with van der Waals surface area (Å²) in [6.07, 6.45) is 10.5. The average molecular weight is 302 g/mol. The Morgan fingerprint density at radius 1 is 1.41 bits per heavy atom. The van der Waals surface area contributed by atoms with Gasteiger partial charge < -0.3 is 14.6 Å². The molecule has 0 bridgehead atoms. The van der Waals surface area contributed by atoms with Crippen LogP contribution in [0.5, 0.6) is 0 Å². The van der Waals surface area contributed by atoms with Gasteiger partial charge in [-0.1, -0.05) is 12.8 Å². The molecule has 4 nitrogen and oxygen atoms in total. The van der Waals surface area contributed by atoms with Crippen molar-refractivity contribution in [2.24, 2.45) is 5.92 Å². The number of nitrogens with one attached hydrogen (secondary N) is 1. The molecular weight excluding hydrogens is 276 g/mol. The molecule has 1 aromatic heterocycles. The van der Waals surface area contributed by atoms with Crippen LogP contribution in [0.15, 0.2) is 17.1 Å². The summed E-state index contributed by atoms with van der Waals surface area (Å²) in [7, 11) is 0. The fourth-order valence-corrected chi connectivity index (χ4v) is 4.01. The minimum absolute atomic E-state index is 0.00525. The van der Waals surface area contributed by atoms with E-state index in [4.69, 9.17) is 4.74 Å². The molecule has 4 rings (SSSR count). The molecule has 22 heavy (non-hydrogen) atoms. The number of aryl methyl sites for hydroxylation is 1. The Hall–Kier alpha value is -1.29. The van der Waals surface area contributed by atoms with Crippen molar-refractivity contribution in [3.63, 3.8) is 0 Å².